The molecule has 0 fully saturated rings. The van der Waals surface area contributed by atoms with Gasteiger partial charge in [0.2, 0.25) is 0 Å². The molecule has 2 rings (SSSR count). The Kier molecular flexibility index (Phi) is 6.20. The molecule has 21 heavy (non-hydrogen) atoms. The molecule has 0 spiro atoms. The van der Waals surface area contributed by atoms with Crippen molar-refractivity contribution in [3.63, 3.8) is 0 Å². The van der Waals surface area contributed by atoms with Crippen molar-refractivity contribution in [1.82, 2.24) is 5.32 Å². The molecule has 6 heteroatoms. The summed E-state index contributed by atoms with van der Waals surface area (Å²) in [6, 6.07) is 9.32. The SMILES string of the molecule is CNCc1ccc(COc2cc(Cl)c(Cl)cc2Cl)c(Br)c1. The molecule has 0 atom stereocenters. The van der Waals surface area contributed by atoms with Crippen LogP contribution in [0.4, 0.5) is 0 Å². The van der Waals surface area contributed by atoms with Crippen molar-refractivity contribution < 1.29 is 4.74 Å². The summed E-state index contributed by atoms with van der Waals surface area (Å²) < 4.78 is 6.71. The number of hydrogen-bond acceptors (Lipinski definition) is 2. The summed E-state index contributed by atoms with van der Waals surface area (Å²) >= 11 is 21.5. The van der Waals surface area contributed by atoms with E-state index in [4.69, 9.17) is 39.5 Å². The molecule has 0 unspecified atom stereocenters. The van der Waals surface area contributed by atoms with Crippen LogP contribution in [-0.2, 0) is 13.2 Å². The minimum Gasteiger partial charge on any atom is -0.487 e. The second-order valence-corrected chi connectivity index (χ2v) is 6.52. The Morgan fingerprint density at radius 2 is 1.76 bits per heavy atom. The van der Waals surface area contributed by atoms with E-state index in [1.54, 1.807) is 12.1 Å². The molecular formula is C15H13BrCl3NO. The number of nitrogens with one attached hydrogen (secondary N) is 1. The molecule has 0 saturated carbocycles. The van der Waals surface area contributed by atoms with Gasteiger partial charge in [-0.05, 0) is 24.7 Å². The maximum absolute atomic E-state index is 6.09. The lowest BCUT2D eigenvalue weighted by atomic mass is 10.1. The van der Waals surface area contributed by atoms with Gasteiger partial charge in [0, 0.05) is 22.6 Å². The van der Waals surface area contributed by atoms with E-state index in [1.807, 2.05) is 13.1 Å². The maximum atomic E-state index is 6.09. The van der Waals surface area contributed by atoms with Crippen molar-refractivity contribution in [1.29, 1.82) is 0 Å². The highest BCUT2D eigenvalue weighted by atomic mass is 79.9. The van der Waals surface area contributed by atoms with Gasteiger partial charge in [0.05, 0.1) is 15.1 Å². The van der Waals surface area contributed by atoms with E-state index in [-0.39, 0.29) is 0 Å². The Morgan fingerprint density at radius 3 is 2.43 bits per heavy atom. The summed E-state index contributed by atoms with van der Waals surface area (Å²) in [5.74, 6) is 0.511. The van der Waals surface area contributed by atoms with Crippen molar-refractivity contribution in [3.8, 4) is 5.75 Å². The van der Waals surface area contributed by atoms with E-state index in [2.05, 4.69) is 33.4 Å². The first-order chi connectivity index (χ1) is 10.0. The first kappa shape index (κ1) is 16.9. The molecule has 0 bridgehead atoms. The van der Waals surface area contributed by atoms with Gasteiger partial charge >= 0.3 is 0 Å². The smallest absolute Gasteiger partial charge is 0.139 e. The molecule has 0 heterocycles. The van der Waals surface area contributed by atoms with E-state index in [0.717, 1.165) is 16.6 Å². The quantitative estimate of drug-likeness (QED) is 0.639. The van der Waals surface area contributed by atoms with Crippen LogP contribution in [0.25, 0.3) is 0 Å². The normalized spacial score (nSPS) is 10.7. The molecule has 1 N–H and O–H groups in total. The number of rotatable bonds is 5. The largest absolute Gasteiger partial charge is 0.487 e. The van der Waals surface area contributed by atoms with Gasteiger partial charge in [-0.25, -0.2) is 0 Å². The van der Waals surface area contributed by atoms with Gasteiger partial charge in [-0.3, -0.25) is 0 Å². The molecule has 2 aromatic rings. The van der Waals surface area contributed by atoms with Gasteiger partial charge in [-0.15, -0.1) is 0 Å². The van der Waals surface area contributed by atoms with Crippen LogP contribution in [0.15, 0.2) is 34.8 Å². The summed E-state index contributed by atoms with van der Waals surface area (Å²) in [5.41, 5.74) is 2.22. The fraction of sp³-hybridized carbons (Fsp3) is 0.200. The summed E-state index contributed by atoms with van der Waals surface area (Å²) in [6.45, 7) is 1.20. The summed E-state index contributed by atoms with van der Waals surface area (Å²) in [6.07, 6.45) is 0. The Hall–Kier alpha value is -0.450. The number of ether oxygens (including phenoxy) is 1. The Morgan fingerprint density at radius 1 is 1.05 bits per heavy atom. The lowest BCUT2D eigenvalue weighted by Crippen LogP contribution is -2.05. The summed E-state index contributed by atoms with van der Waals surface area (Å²) in [4.78, 5) is 0. The molecule has 0 amide bonds. The zero-order valence-electron chi connectivity index (χ0n) is 11.2. The minimum absolute atomic E-state index is 0.387. The van der Waals surface area contributed by atoms with Gasteiger partial charge < -0.3 is 10.1 Å². The zero-order chi connectivity index (χ0) is 15.4. The molecule has 2 aromatic carbocycles. The van der Waals surface area contributed by atoms with E-state index >= 15 is 0 Å². The maximum Gasteiger partial charge on any atom is 0.139 e. The third kappa shape index (κ3) is 4.51. The van der Waals surface area contributed by atoms with Crippen LogP contribution in [0, 0.1) is 0 Å². The fourth-order valence-electron chi connectivity index (χ4n) is 1.79. The Bertz CT molecular complexity index is 649. The van der Waals surface area contributed by atoms with Gasteiger partial charge in [0.15, 0.2) is 0 Å². The third-order valence-corrected chi connectivity index (χ3v) is 4.61. The van der Waals surface area contributed by atoms with Crippen molar-refractivity contribution >= 4 is 50.7 Å². The van der Waals surface area contributed by atoms with E-state index in [9.17, 15) is 0 Å². The summed E-state index contributed by atoms with van der Waals surface area (Å²) in [7, 11) is 1.91. The van der Waals surface area contributed by atoms with Gasteiger partial charge in [-0.2, -0.15) is 0 Å². The second kappa shape index (κ2) is 7.70. The molecule has 0 radical (unpaired) electrons. The molecule has 2 nitrogen and oxygen atoms in total. The van der Waals surface area contributed by atoms with Crippen LogP contribution in [0.3, 0.4) is 0 Å². The highest BCUT2D eigenvalue weighted by molar-refractivity contribution is 9.10. The van der Waals surface area contributed by atoms with E-state index in [0.29, 0.717) is 27.4 Å². The molecule has 0 aromatic heterocycles. The standard InChI is InChI=1S/C15H13BrCl3NO/c1-20-7-9-2-3-10(11(16)4-9)8-21-15-6-13(18)12(17)5-14(15)19/h2-6,20H,7-8H2,1H3. The minimum atomic E-state index is 0.387. The molecule has 0 aliphatic carbocycles. The first-order valence-electron chi connectivity index (χ1n) is 6.20. The third-order valence-electron chi connectivity index (χ3n) is 2.86. The van der Waals surface area contributed by atoms with Crippen LogP contribution < -0.4 is 10.1 Å². The number of halogens is 4. The van der Waals surface area contributed by atoms with Gasteiger partial charge in [0.25, 0.3) is 0 Å². The van der Waals surface area contributed by atoms with Crippen molar-refractivity contribution in [2.45, 2.75) is 13.2 Å². The van der Waals surface area contributed by atoms with Crippen molar-refractivity contribution in [2.24, 2.45) is 0 Å². The van der Waals surface area contributed by atoms with Crippen LogP contribution >= 0.6 is 50.7 Å². The Labute approximate surface area is 147 Å². The highest BCUT2D eigenvalue weighted by Gasteiger charge is 2.09. The lowest BCUT2D eigenvalue weighted by molar-refractivity contribution is 0.305. The molecule has 0 aliphatic heterocycles. The fourth-order valence-corrected chi connectivity index (χ4v) is 2.92. The predicted molar refractivity (Wildman–Crippen MR) is 92.7 cm³/mol. The van der Waals surface area contributed by atoms with Gasteiger partial charge in [0.1, 0.15) is 12.4 Å². The molecule has 0 aliphatic rings. The molecule has 0 saturated heterocycles. The van der Waals surface area contributed by atoms with Crippen LogP contribution in [0.2, 0.25) is 15.1 Å². The highest BCUT2D eigenvalue weighted by Crippen LogP contribution is 2.34. The average Bonchev–Trinajstić information content (AvgIpc) is 2.43. The topological polar surface area (TPSA) is 21.3 Å². The van der Waals surface area contributed by atoms with Crippen LogP contribution in [0.1, 0.15) is 11.1 Å². The number of hydrogen-bond donors (Lipinski definition) is 1. The first-order valence-corrected chi connectivity index (χ1v) is 8.13. The molecule has 112 valence electrons. The Balaban J connectivity index is 2.11. The number of benzene rings is 2. The van der Waals surface area contributed by atoms with Gasteiger partial charge in [-0.1, -0.05) is 62.9 Å². The zero-order valence-corrected chi connectivity index (χ0v) is 15.1. The van der Waals surface area contributed by atoms with E-state index in [1.165, 1.54) is 5.56 Å². The van der Waals surface area contributed by atoms with Crippen LogP contribution in [-0.4, -0.2) is 7.05 Å². The lowest BCUT2D eigenvalue weighted by Gasteiger charge is -2.11. The monoisotopic (exact) mass is 407 g/mol. The van der Waals surface area contributed by atoms with E-state index < -0.39 is 0 Å². The second-order valence-electron chi connectivity index (χ2n) is 4.44. The molecular weight excluding hydrogens is 396 g/mol. The average molecular weight is 410 g/mol. The van der Waals surface area contributed by atoms with Crippen LogP contribution in [0.5, 0.6) is 5.75 Å². The predicted octanol–water partition coefficient (Wildman–Crippen LogP) is 5.71. The van der Waals surface area contributed by atoms with Crippen molar-refractivity contribution in [3.05, 3.63) is 61.0 Å². The summed E-state index contributed by atoms with van der Waals surface area (Å²) in [5, 5.41) is 4.37. The van der Waals surface area contributed by atoms with Crippen molar-refractivity contribution in [2.75, 3.05) is 7.05 Å².